The molecule has 7 heteroatoms. The molecular formula is C13H13BrN2O3S. The summed E-state index contributed by atoms with van der Waals surface area (Å²) in [6.07, 6.45) is 0. The Morgan fingerprint density at radius 1 is 1.40 bits per heavy atom. The first-order valence-electron chi connectivity index (χ1n) is 5.82. The Bertz CT molecular complexity index is 649. The number of ether oxygens (including phenoxy) is 1. The van der Waals surface area contributed by atoms with Crippen molar-refractivity contribution >= 4 is 33.4 Å². The van der Waals surface area contributed by atoms with Gasteiger partial charge in [-0.2, -0.15) is 9.36 Å². The maximum atomic E-state index is 11.2. The first-order valence-corrected chi connectivity index (χ1v) is 7.39. The molecule has 0 amide bonds. The van der Waals surface area contributed by atoms with Gasteiger partial charge in [0.1, 0.15) is 11.3 Å². The summed E-state index contributed by atoms with van der Waals surface area (Å²) in [5.74, 6) is -0.134. The van der Waals surface area contributed by atoms with Gasteiger partial charge in [-0.25, -0.2) is 4.79 Å². The molecule has 1 N–H and O–H groups in total. The van der Waals surface area contributed by atoms with Gasteiger partial charge in [0.05, 0.1) is 0 Å². The molecule has 0 aliphatic carbocycles. The van der Waals surface area contributed by atoms with Crippen LogP contribution in [0.5, 0.6) is 10.9 Å². The lowest BCUT2D eigenvalue weighted by Gasteiger charge is -2.12. The molecule has 1 aromatic carbocycles. The fourth-order valence-electron chi connectivity index (χ4n) is 1.41. The summed E-state index contributed by atoms with van der Waals surface area (Å²) in [5.41, 5.74) is -0.0973. The average molecular weight is 357 g/mol. The van der Waals surface area contributed by atoms with Crippen LogP contribution in [0.2, 0.25) is 0 Å². The molecule has 0 saturated heterocycles. The molecule has 0 fully saturated rings. The summed E-state index contributed by atoms with van der Waals surface area (Å²) in [7, 11) is 0. The van der Waals surface area contributed by atoms with E-state index in [2.05, 4.69) is 25.3 Å². The van der Waals surface area contributed by atoms with Crippen molar-refractivity contribution in [1.82, 2.24) is 9.36 Å². The lowest BCUT2D eigenvalue weighted by atomic mass is 9.96. The Balaban J connectivity index is 2.31. The zero-order valence-corrected chi connectivity index (χ0v) is 13.6. The van der Waals surface area contributed by atoms with Gasteiger partial charge in [-0.05, 0) is 18.2 Å². The monoisotopic (exact) mass is 356 g/mol. The molecule has 0 unspecified atom stereocenters. The third kappa shape index (κ3) is 3.34. The van der Waals surface area contributed by atoms with E-state index in [1.165, 1.54) is 6.07 Å². The van der Waals surface area contributed by atoms with Crippen molar-refractivity contribution in [3.63, 3.8) is 0 Å². The third-order valence-corrected chi connectivity index (χ3v) is 3.54. The fourth-order valence-corrected chi connectivity index (χ4v) is 2.50. The smallest absolute Gasteiger partial charge is 0.339 e. The largest absolute Gasteiger partial charge is 0.478 e. The standard InChI is InChI=1S/C13H13BrN2O3S/c1-13(2,3)11-15-12(20-16-11)19-9-5-4-7(14)6-8(9)10(17)18/h4-6H,1-3H3,(H,17,18). The van der Waals surface area contributed by atoms with Crippen molar-refractivity contribution in [2.24, 2.45) is 0 Å². The van der Waals surface area contributed by atoms with E-state index < -0.39 is 5.97 Å². The molecule has 0 bridgehead atoms. The molecule has 2 aromatic rings. The van der Waals surface area contributed by atoms with Crippen LogP contribution in [0.3, 0.4) is 0 Å². The molecule has 1 aromatic heterocycles. The van der Waals surface area contributed by atoms with Crippen LogP contribution in [0.15, 0.2) is 22.7 Å². The van der Waals surface area contributed by atoms with E-state index in [1.54, 1.807) is 12.1 Å². The van der Waals surface area contributed by atoms with E-state index >= 15 is 0 Å². The molecular weight excluding hydrogens is 344 g/mol. The molecule has 5 nitrogen and oxygen atoms in total. The molecule has 0 saturated carbocycles. The Hall–Kier alpha value is -1.47. The number of hydrogen-bond donors (Lipinski definition) is 1. The van der Waals surface area contributed by atoms with Crippen LogP contribution in [0, 0.1) is 0 Å². The molecule has 0 atom stereocenters. The second-order valence-corrected chi connectivity index (χ2v) is 6.81. The van der Waals surface area contributed by atoms with Gasteiger partial charge in [-0.15, -0.1) is 0 Å². The second-order valence-electron chi connectivity index (χ2n) is 5.18. The van der Waals surface area contributed by atoms with E-state index in [-0.39, 0.29) is 16.7 Å². The Labute approximate surface area is 128 Å². The quantitative estimate of drug-likeness (QED) is 0.896. The SMILES string of the molecule is CC(C)(C)c1nsc(Oc2ccc(Br)cc2C(=O)O)n1. The average Bonchev–Trinajstić information content (AvgIpc) is 2.79. The number of carbonyl (C=O) groups is 1. The lowest BCUT2D eigenvalue weighted by Crippen LogP contribution is -2.13. The predicted molar refractivity (Wildman–Crippen MR) is 79.8 cm³/mol. The summed E-state index contributed by atoms with van der Waals surface area (Å²) in [6, 6.07) is 4.79. The van der Waals surface area contributed by atoms with Crippen LogP contribution >= 0.6 is 27.5 Å². The fraction of sp³-hybridized carbons (Fsp3) is 0.308. The first kappa shape index (κ1) is 14.9. The number of benzene rings is 1. The van der Waals surface area contributed by atoms with Crippen LogP contribution in [0.25, 0.3) is 0 Å². The highest BCUT2D eigenvalue weighted by Crippen LogP contribution is 2.31. The summed E-state index contributed by atoms with van der Waals surface area (Å²) in [4.78, 5) is 15.5. The number of hydrogen-bond acceptors (Lipinski definition) is 5. The minimum atomic E-state index is -1.05. The van der Waals surface area contributed by atoms with Crippen molar-refractivity contribution in [2.45, 2.75) is 26.2 Å². The Morgan fingerprint density at radius 3 is 2.65 bits per heavy atom. The van der Waals surface area contributed by atoms with Gasteiger partial charge in [0.15, 0.2) is 5.82 Å². The lowest BCUT2D eigenvalue weighted by molar-refractivity contribution is 0.0694. The summed E-state index contributed by atoms with van der Waals surface area (Å²) < 4.78 is 10.4. The second kappa shape index (κ2) is 5.49. The Kier molecular flexibility index (Phi) is 4.10. The molecule has 1 heterocycles. The number of carboxylic acid groups (broad SMARTS) is 1. The maximum Gasteiger partial charge on any atom is 0.339 e. The van der Waals surface area contributed by atoms with E-state index in [1.807, 2.05) is 20.8 Å². The zero-order chi connectivity index (χ0) is 14.9. The summed E-state index contributed by atoms with van der Waals surface area (Å²) in [6.45, 7) is 6.00. The van der Waals surface area contributed by atoms with Crippen molar-refractivity contribution in [3.05, 3.63) is 34.1 Å². The highest BCUT2D eigenvalue weighted by molar-refractivity contribution is 9.10. The zero-order valence-electron chi connectivity index (χ0n) is 11.2. The normalized spacial score (nSPS) is 11.4. The van der Waals surface area contributed by atoms with E-state index in [9.17, 15) is 4.79 Å². The number of carboxylic acids is 1. The first-order chi connectivity index (χ1) is 9.27. The van der Waals surface area contributed by atoms with Crippen LogP contribution < -0.4 is 4.74 Å². The number of halogens is 1. The van der Waals surface area contributed by atoms with Gasteiger partial charge >= 0.3 is 5.97 Å². The van der Waals surface area contributed by atoms with Gasteiger partial charge in [-0.1, -0.05) is 36.7 Å². The van der Waals surface area contributed by atoms with E-state index in [4.69, 9.17) is 9.84 Å². The number of rotatable bonds is 3. The number of aromatic nitrogens is 2. The van der Waals surface area contributed by atoms with Gasteiger partial charge < -0.3 is 9.84 Å². The third-order valence-electron chi connectivity index (χ3n) is 2.45. The number of nitrogens with zero attached hydrogens (tertiary/aromatic N) is 2. The number of aromatic carboxylic acids is 1. The van der Waals surface area contributed by atoms with Crippen LogP contribution in [-0.2, 0) is 5.41 Å². The molecule has 0 radical (unpaired) electrons. The molecule has 0 aliphatic rings. The summed E-state index contributed by atoms with van der Waals surface area (Å²) in [5, 5.41) is 9.50. The molecule has 2 rings (SSSR count). The molecule has 0 aliphatic heterocycles. The van der Waals surface area contributed by atoms with Crippen molar-refractivity contribution in [3.8, 4) is 10.9 Å². The predicted octanol–water partition coefficient (Wildman–Crippen LogP) is 4.09. The molecule has 0 spiro atoms. The topological polar surface area (TPSA) is 72.3 Å². The van der Waals surface area contributed by atoms with Gasteiger partial charge in [0.25, 0.3) is 5.19 Å². The van der Waals surface area contributed by atoms with Crippen molar-refractivity contribution < 1.29 is 14.6 Å². The van der Waals surface area contributed by atoms with Crippen LogP contribution in [-0.4, -0.2) is 20.4 Å². The van der Waals surface area contributed by atoms with Gasteiger partial charge in [-0.3, -0.25) is 0 Å². The minimum Gasteiger partial charge on any atom is -0.478 e. The van der Waals surface area contributed by atoms with E-state index in [0.29, 0.717) is 15.5 Å². The highest BCUT2D eigenvalue weighted by atomic mass is 79.9. The summed E-state index contributed by atoms with van der Waals surface area (Å²) >= 11 is 4.34. The van der Waals surface area contributed by atoms with Gasteiger partial charge in [0, 0.05) is 21.4 Å². The van der Waals surface area contributed by atoms with Crippen LogP contribution in [0.4, 0.5) is 0 Å². The van der Waals surface area contributed by atoms with Crippen molar-refractivity contribution in [1.29, 1.82) is 0 Å². The van der Waals surface area contributed by atoms with Gasteiger partial charge in [0.2, 0.25) is 0 Å². The van der Waals surface area contributed by atoms with E-state index in [0.717, 1.165) is 11.5 Å². The van der Waals surface area contributed by atoms with Crippen LogP contribution in [0.1, 0.15) is 37.0 Å². The maximum absolute atomic E-state index is 11.2. The Morgan fingerprint density at radius 2 is 2.10 bits per heavy atom. The minimum absolute atomic E-state index is 0.0758. The molecule has 20 heavy (non-hydrogen) atoms. The molecule has 106 valence electrons. The van der Waals surface area contributed by atoms with Crippen molar-refractivity contribution in [2.75, 3.05) is 0 Å². The highest BCUT2D eigenvalue weighted by Gasteiger charge is 2.21.